The highest BCUT2D eigenvalue weighted by Crippen LogP contribution is 2.53. The van der Waals surface area contributed by atoms with Gasteiger partial charge < -0.3 is 24.3 Å². The van der Waals surface area contributed by atoms with Crippen LogP contribution in [0.1, 0.15) is 64.2 Å². The summed E-state index contributed by atoms with van der Waals surface area (Å²) in [7, 11) is 0. The van der Waals surface area contributed by atoms with E-state index < -0.39 is 0 Å². The first kappa shape index (κ1) is 26.8. The Kier molecular flexibility index (Phi) is 10.8. The number of carbonyl (C=O) groups excluding carboxylic acids is 2. The molecule has 0 heterocycles. The van der Waals surface area contributed by atoms with Crippen LogP contribution < -0.4 is 5.32 Å². The number of hydrogen-bond acceptors (Lipinski definition) is 6. The fourth-order valence-electron chi connectivity index (χ4n) is 5.91. The molecule has 36 heavy (non-hydrogen) atoms. The van der Waals surface area contributed by atoms with Crippen LogP contribution in [-0.2, 0) is 23.7 Å². The standard InChI is InChI=1S/C29H41NO6/c31-28(35-20-26-22-10-5-1-2-6-11-23(22)26)14-9-16-33-18-19-34-17-15-30-29(32)36-21-27-24-12-7-3-4-8-13-25(24)27/h22-27H,5-21H2,(H,30,32). The van der Waals surface area contributed by atoms with E-state index >= 15 is 0 Å². The van der Waals surface area contributed by atoms with E-state index in [1.54, 1.807) is 0 Å². The molecule has 0 bridgehead atoms. The van der Waals surface area contributed by atoms with Crippen molar-refractivity contribution >= 4 is 12.1 Å². The van der Waals surface area contributed by atoms with Crippen LogP contribution in [-0.4, -0.2) is 58.2 Å². The third-order valence-electron chi connectivity index (χ3n) is 8.08. The normalized spacial score (nSPS) is 29.7. The zero-order valence-electron chi connectivity index (χ0n) is 21.4. The summed E-state index contributed by atoms with van der Waals surface area (Å²) in [4.78, 5) is 23.9. The number of fused-ring (bicyclic) bond motifs is 2. The van der Waals surface area contributed by atoms with Gasteiger partial charge in [0.2, 0.25) is 0 Å². The Morgan fingerprint density at radius 1 is 0.667 bits per heavy atom. The Morgan fingerprint density at radius 2 is 1.17 bits per heavy atom. The molecule has 4 aliphatic rings. The maximum Gasteiger partial charge on any atom is 0.407 e. The van der Waals surface area contributed by atoms with Crippen LogP contribution in [0.2, 0.25) is 0 Å². The Bertz CT molecular complexity index is 745. The van der Waals surface area contributed by atoms with Crippen molar-refractivity contribution in [3.05, 3.63) is 0 Å². The van der Waals surface area contributed by atoms with Crippen LogP contribution in [0.4, 0.5) is 4.79 Å². The maximum atomic E-state index is 12.0. The summed E-state index contributed by atoms with van der Waals surface area (Å²) in [5.74, 6) is 16.5. The Labute approximate surface area is 215 Å². The monoisotopic (exact) mass is 499 g/mol. The highest BCUT2D eigenvalue weighted by Gasteiger charge is 2.50. The molecule has 1 amide bonds. The topological polar surface area (TPSA) is 83.1 Å². The van der Waals surface area contributed by atoms with Gasteiger partial charge in [-0.05, 0) is 67.6 Å². The fraction of sp³-hybridized carbons (Fsp3) is 0.793. The van der Waals surface area contributed by atoms with E-state index in [1.807, 2.05) is 0 Å². The summed E-state index contributed by atoms with van der Waals surface area (Å²) in [6.45, 7) is 3.29. The van der Waals surface area contributed by atoms with E-state index in [4.69, 9.17) is 18.9 Å². The molecule has 7 heteroatoms. The van der Waals surface area contributed by atoms with Crippen LogP contribution in [0.5, 0.6) is 0 Å². The summed E-state index contributed by atoms with van der Waals surface area (Å²) in [6.07, 6.45) is 9.10. The molecule has 4 atom stereocenters. The summed E-state index contributed by atoms with van der Waals surface area (Å²) in [5.41, 5.74) is 0. The lowest BCUT2D eigenvalue weighted by atomic mass is 10.1. The van der Waals surface area contributed by atoms with Crippen molar-refractivity contribution < 1.29 is 28.5 Å². The van der Waals surface area contributed by atoms with Gasteiger partial charge >= 0.3 is 12.1 Å². The van der Waals surface area contributed by atoms with Crippen LogP contribution in [0, 0.1) is 59.2 Å². The van der Waals surface area contributed by atoms with E-state index in [9.17, 15) is 9.59 Å². The second-order valence-electron chi connectivity index (χ2n) is 10.4. The third-order valence-corrected chi connectivity index (χ3v) is 8.08. The molecular weight excluding hydrogens is 458 g/mol. The second-order valence-corrected chi connectivity index (χ2v) is 10.4. The lowest BCUT2D eigenvalue weighted by Gasteiger charge is -2.08. The second kappa shape index (κ2) is 14.5. The molecule has 0 aromatic carbocycles. The van der Waals surface area contributed by atoms with Crippen molar-refractivity contribution in [1.82, 2.24) is 5.32 Å². The van der Waals surface area contributed by atoms with E-state index in [-0.39, 0.29) is 12.1 Å². The summed E-state index contributed by atoms with van der Waals surface area (Å²) < 4.78 is 21.9. The molecule has 0 aromatic heterocycles. The van der Waals surface area contributed by atoms with Gasteiger partial charge in [-0.25, -0.2) is 4.79 Å². The zero-order valence-corrected chi connectivity index (χ0v) is 21.4. The summed E-state index contributed by atoms with van der Waals surface area (Å²) in [6, 6.07) is 0. The number of carbonyl (C=O) groups is 2. The lowest BCUT2D eigenvalue weighted by molar-refractivity contribution is -0.144. The minimum atomic E-state index is -0.377. The van der Waals surface area contributed by atoms with Crippen molar-refractivity contribution in [2.24, 2.45) is 35.5 Å². The van der Waals surface area contributed by atoms with Gasteiger partial charge in [-0.15, -0.1) is 23.7 Å². The predicted octanol–water partition coefficient (Wildman–Crippen LogP) is 3.95. The fourth-order valence-corrected chi connectivity index (χ4v) is 5.91. The van der Waals surface area contributed by atoms with E-state index in [1.165, 1.54) is 0 Å². The number of nitrogens with one attached hydrogen (secondary N) is 1. The first-order chi connectivity index (χ1) is 17.7. The van der Waals surface area contributed by atoms with Gasteiger partial charge in [0.15, 0.2) is 0 Å². The van der Waals surface area contributed by atoms with Crippen LogP contribution in [0.15, 0.2) is 0 Å². The average molecular weight is 500 g/mol. The first-order valence-electron chi connectivity index (χ1n) is 13.9. The molecule has 2 saturated carbocycles. The minimum absolute atomic E-state index is 0.135. The van der Waals surface area contributed by atoms with Gasteiger partial charge in [-0.3, -0.25) is 4.79 Å². The molecule has 4 rings (SSSR count). The number of amides is 1. The van der Waals surface area contributed by atoms with Gasteiger partial charge in [-0.1, -0.05) is 0 Å². The van der Waals surface area contributed by atoms with Crippen molar-refractivity contribution in [2.75, 3.05) is 46.2 Å². The van der Waals surface area contributed by atoms with Crippen LogP contribution in [0.3, 0.4) is 0 Å². The Balaban J connectivity index is 0.896. The van der Waals surface area contributed by atoms with Gasteiger partial charge in [0, 0.05) is 45.3 Å². The van der Waals surface area contributed by atoms with Crippen LogP contribution in [0.25, 0.3) is 0 Å². The summed E-state index contributed by atoms with van der Waals surface area (Å²) >= 11 is 0. The molecule has 0 saturated heterocycles. The van der Waals surface area contributed by atoms with Crippen molar-refractivity contribution in [3.63, 3.8) is 0 Å². The van der Waals surface area contributed by atoms with Gasteiger partial charge in [0.25, 0.3) is 0 Å². The molecule has 0 aliphatic heterocycles. The van der Waals surface area contributed by atoms with E-state index in [0.717, 1.165) is 51.4 Å². The number of ether oxygens (including phenoxy) is 4. The number of rotatable bonds is 14. The smallest absolute Gasteiger partial charge is 0.407 e. The Hall–Kier alpha value is -2.22. The molecule has 0 radical (unpaired) electrons. The first-order valence-corrected chi connectivity index (χ1v) is 13.9. The molecule has 4 aliphatic carbocycles. The highest BCUT2D eigenvalue weighted by atomic mass is 16.6. The number of hydrogen-bond donors (Lipinski definition) is 1. The SMILES string of the molecule is O=C(CCCOCCOCCNC(=O)OCC1C2CCC#CCCC21)OCC1C2CCC#CCCC21. The van der Waals surface area contributed by atoms with Crippen LogP contribution >= 0.6 is 0 Å². The molecule has 198 valence electrons. The summed E-state index contributed by atoms with van der Waals surface area (Å²) in [5, 5.41) is 2.73. The van der Waals surface area contributed by atoms with Gasteiger partial charge in [0.1, 0.15) is 0 Å². The van der Waals surface area contributed by atoms with Crippen molar-refractivity contribution in [3.8, 4) is 23.7 Å². The third kappa shape index (κ3) is 8.71. The Morgan fingerprint density at radius 3 is 1.72 bits per heavy atom. The quantitative estimate of drug-likeness (QED) is 0.221. The van der Waals surface area contributed by atoms with E-state index in [2.05, 4.69) is 29.0 Å². The average Bonchev–Trinajstić information content (AvgIpc) is 3.70. The molecule has 4 unspecified atom stereocenters. The van der Waals surface area contributed by atoms with Crippen molar-refractivity contribution in [1.29, 1.82) is 0 Å². The number of alkyl carbamates (subject to hydrolysis) is 1. The highest BCUT2D eigenvalue weighted by molar-refractivity contribution is 5.69. The van der Waals surface area contributed by atoms with Crippen molar-refractivity contribution in [2.45, 2.75) is 64.2 Å². The minimum Gasteiger partial charge on any atom is -0.465 e. The maximum absolute atomic E-state index is 12.0. The largest absolute Gasteiger partial charge is 0.465 e. The molecule has 0 aromatic rings. The van der Waals surface area contributed by atoms with Gasteiger partial charge in [-0.2, -0.15) is 0 Å². The number of esters is 1. The zero-order chi connectivity index (χ0) is 25.0. The molecule has 1 N–H and O–H groups in total. The molecule has 2 fully saturated rings. The molecule has 0 spiro atoms. The van der Waals surface area contributed by atoms with Gasteiger partial charge in [0.05, 0.1) is 33.0 Å². The molecule has 7 nitrogen and oxygen atoms in total. The predicted molar refractivity (Wildman–Crippen MR) is 135 cm³/mol. The molecular formula is C29H41NO6. The van der Waals surface area contributed by atoms with E-state index in [0.29, 0.717) is 94.5 Å². The lowest BCUT2D eigenvalue weighted by Crippen LogP contribution is -2.29.